The second kappa shape index (κ2) is 9.06. The smallest absolute Gasteiger partial charge is 0.433 e. The second-order valence-corrected chi connectivity index (χ2v) is 4.07. The summed E-state index contributed by atoms with van der Waals surface area (Å²) in [7, 11) is 1.50. The van der Waals surface area contributed by atoms with E-state index in [1.807, 2.05) is 30.7 Å². The summed E-state index contributed by atoms with van der Waals surface area (Å²) < 4.78 is 4.87. The lowest BCUT2D eigenvalue weighted by atomic mass is 10.2. The molecular weight excluding hydrogens is 224 g/mol. The topological polar surface area (TPSA) is 64.7 Å². The van der Waals surface area contributed by atoms with Gasteiger partial charge in [-0.05, 0) is 29.8 Å². The van der Waals surface area contributed by atoms with Crippen LogP contribution >= 0.6 is 11.3 Å². The highest BCUT2D eigenvalue weighted by Gasteiger charge is 2.00. The molecule has 0 radical (unpaired) electrons. The molecule has 0 aliphatic carbocycles. The van der Waals surface area contributed by atoms with Gasteiger partial charge in [0.2, 0.25) is 0 Å². The van der Waals surface area contributed by atoms with E-state index < -0.39 is 6.09 Å². The average molecular weight is 242 g/mol. The highest BCUT2D eigenvalue weighted by atomic mass is 32.1. The van der Waals surface area contributed by atoms with Gasteiger partial charge in [-0.3, -0.25) is 0 Å². The zero-order valence-electron chi connectivity index (χ0n) is 9.84. The molecule has 1 heterocycles. The van der Waals surface area contributed by atoms with E-state index in [1.54, 1.807) is 11.3 Å². The third-order valence-corrected chi connectivity index (χ3v) is 2.10. The minimum absolute atomic E-state index is 0.343. The van der Waals surface area contributed by atoms with Crippen molar-refractivity contribution in [1.82, 2.24) is 0 Å². The van der Waals surface area contributed by atoms with Gasteiger partial charge in [-0.15, -0.1) is 0 Å². The van der Waals surface area contributed by atoms with Crippen molar-refractivity contribution < 1.29 is 9.53 Å². The number of rotatable bonds is 3. The molecule has 2 N–H and O–H groups in total. The van der Waals surface area contributed by atoms with Crippen LogP contribution in [-0.4, -0.2) is 26.0 Å². The van der Waals surface area contributed by atoms with Gasteiger partial charge in [-0.1, -0.05) is 13.8 Å². The largest absolute Gasteiger partial charge is 0.448 e. The molecule has 0 aliphatic heterocycles. The summed E-state index contributed by atoms with van der Waals surface area (Å²) in [6, 6.07) is 1.89. The summed E-state index contributed by atoms with van der Waals surface area (Å²) in [4.78, 5) is 14.7. The molecule has 0 spiro atoms. The summed E-state index contributed by atoms with van der Waals surface area (Å²) in [6.07, 6.45) is 0.990. The quantitative estimate of drug-likeness (QED) is 0.828. The Morgan fingerprint density at radius 3 is 2.81 bits per heavy atom. The van der Waals surface area contributed by atoms with Crippen LogP contribution in [0, 0.1) is 5.92 Å². The van der Waals surface area contributed by atoms with Crippen molar-refractivity contribution >= 4 is 23.6 Å². The molecule has 1 aromatic rings. The summed E-state index contributed by atoms with van der Waals surface area (Å²) >= 11 is 1.57. The zero-order valence-corrected chi connectivity index (χ0v) is 10.7. The van der Waals surface area contributed by atoms with Crippen molar-refractivity contribution in [2.75, 3.05) is 13.7 Å². The van der Waals surface area contributed by atoms with Crippen LogP contribution in [0.5, 0.6) is 0 Å². The van der Waals surface area contributed by atoms with E-state index in [0.717, 1.165) is 5.56 Å². The third-order valence-electron chi connectivity index (χ3n) is 1.40. The van der Waals surface area contributed by atoms with E-state index >= 15 is 0 Å². The molecule has 0 fully saturated rings. The number of aliphatic imine (C=N–C) groups is 1. The van der Waals surface area contributed by atoms with Gasteiger partial charge in [0.05, 0.1) is 6.61 Å². The van der Waals surface area contributed by atoms with E-state index in [-0.39, 0.29) is 0 Å². The van der Waals surface area contributed by atoms with Gasteiger partial charge in [0.1, 0.15) is 0 Å². The van der Waals surface area contributed by atoms with Crippen molar-refractivity contribution in [3.05, 3.63) is 22.4 Å². The predicted octanol–water partition coefficient (Wildman–Crippen LogP) is 2.53. The Hall–Kier alpha value is -1.20. The maximum atomic E-state index is 11.0. The number of amides is 1. The first-order valence-corrected chi connectivity index (χ1v) is 5.93. The SMILES string of the molecule is CC(C)COC(=O)/N=C\c1ccsc1.CN. The predicted molar refractivity (Wildman–Crippen MR) is 68.2 cm³/mol. The van der Waals surface area contributed by atoms with Crippen LogP contribution in [0.3, 0.4) is 0 Å². The number of nitrogens with zero attached hydrogens (tertiary/aromatic N) is 1. The van der Waals surface area contributed by atoms with Crippen molar-refractivity contribution in [1.29, 1.82) is 0 Å². The van der Waals surface area contributed by atoms with E-state index in [0.29, 0.717) is 12.5 Å². The Labute approximate surface area is 100 Å². The lowest BCUT2D eigenvalue weighted by molar-refractivity contribution is 0.143. The lowest BCUT2D eigenvalue weighted by Crippen LogP contribution is -2.06. The molecule has 0 atom stereocenters. The minimum Gasteiger partial charge on any atom is -0.448 e. The van der Waals surface area contributed by atoms with Crippen LogP contribution in [0.25, 0.3) is 0 Å². The van der Waals surface area contributed by atoms with Gasteiger partial charge in [-0.2, -0.15) is 16.3 Å². The molecule has 16 heavy (non-hydrogen) atoms. The number of carbonyl (C=O) groups is 1. The molecule has 4 nitrogen and oxygen atoms in total. The molecule has 5 heteroatoms. The number of carbonyl (C=O) groups excluding carboxylic acids is 1. The monoisotopic (exact) mass is 242 g/mol. The fraction of sp³-hybridized carbons (Fsp3) is 0.455. The second-order valence-electron chi connectivity index (χ2n) is 3.29. The molecule has 0 saturated carbocycles. The Bertz CT molecular complexity index is 308. The number of ether oxygens (including phenoxy) is 1. The highest BCUT2D eigenvalue weighted by Crippen LogP contribution is 2.03. The summed E-state index contributed by atoms with van der Waals surface area (Å²) in [5.41, 5.74) is 5.43. The van der Waals surface area contributed by atoms with E-state index in [2.05, 4.69) is 10.7 Å². The van der Waals surface area contributed by atoms with E-state index in [9.17, 15) is 4.79 Å². The number of thiophene rings is 1. The molecule has 1 aromatic heterocycles. The number of hydrogen-bond donors (Lipinski definition) is 1. The number of hydrogen-bond acceptors (Lipinski definition) is 4. The molecule has 0 aliphatic rings. The van der Waals surface area contributed by atoms with Crippen molar-refractivity contribution in [3.63, 3.8) is 0 Å². The first-order valence-electron chi connectivity index (χ1n) is 4.99. The highest BCUT2D eigenvalue weighted by molar-refractivity contribution is 7.08. The summed E-state index contributed by atoms with van der Waals surface area (Å²) in [5, 5.41) is 3.85. The maximum Gasteiger partial charge on any atom is 0.433 e. The van der Waals surface area contributed by atoms with Gasteiger partial charge in [0.25, 0.3) is 0 Å². The lowest BCUT2D eigenvalue weighted by Gasteiger charge is -2.02. The Balaban J connectivity index is 0.00000106. The molecule has 0 unspecified atom stereocenters. The van der Waals surface area contributed by atoms with Gasteiger partial charge < -0.3 is 10.5 Å². The molecule has 1 amide bonds. The zero-order chi connectivity index (χ0) is 12.4. The van der Waals surface area contributed by atoms with Gasteiger partial charge in [0.15, 0.2) is 0 Å². The van der Waals surface area contributed by atoms with Crippen molar-refractivity contribution in [2.24, 2.45) is 16.6 Å². The fourth-order valence-corrected chi connectivity index (χ4v) is 1.36. The van der Waals surface area contributed by atoms with E-state index in [4.69, 9.17) is 4.74 Å². The van der Waals surface area contributed by atoms with Crippen LogP contribution < -0.4 is 5.73 Å². The van der Waals surface area contributed by atoms with Crippen molar-refractivity contribution in [3.8, 4) is 0 Å². The first kappa shape index (κ1) is 14.8. The molecular formula is C11H18N2O2S. The van der Waals surface area contributed by atoms with Crippen LogP contribution in [0.2, 0.25) is 0 Å². The van der Waals surface area contributed by atoms with Crippen LogP contribution in [-0.2, 0) is 4.74 Å². The first-order chi connectivity index (χ1) is 7.68. The van der Waals surface area contributed by atoms with Crippen molar-refractivity contribution in [2.45, 2.75) is 13.8 Å². The third kappa shape index (κ3) is 7.14. The molecule has 0 saturated heterocycles. The fourth-order valence-electron chi connectivity index (χ4n) is 0.751. The van der Waals surface area contributed by atoms with Gasteiger partial charge >= 0.3 is 6.09 Å². The average Bonchev–Trinajstić information content (AvgIpc) is 2.79. The Kier molecular flexibility index (Phi) is 8.38. The van der Waals surface area contributed by atoms with Crippen LogP contribution in [0.15, 0.2) is 21.8 Å². The van der Waals surface area contributed by atoms with Gasteiger partial charge in [-0.25, -0.2) is 4.79 Å². The Morgan fingerprint density at radius 1 is 1.62 bits per heavy atom. The van der Waals surface area contributed by atoms with E-state index in [1.165, 1.54) is 13.3 Å². The van der Waals surface area contributed by atoms with Crippen LogP contribution in [0.4, 0.5) is 4.79 Å². The minimum atomic E-state index is -0.523. The summed E-state index contributed by atoms with van der Waals surface area (Å²) in [6.45, 7) is 4.38. The standard InChI is InChI=1S/C10H13NO2S.CH5N/c1-8(2)6-13-10(12)11-5-9-3-4-14-7-9;1-2/h3-5,7-8H,6H2,1-2H3;2H2,1H3/b11-5-;. The summed E-state index contributed by atoms with van der Waals surface area (Å²) in [5.74, 6) is 0.343. The van der Waals surface area contributed by atoms with Gasteiger partial charge in [0, 0.05) is 11.8 Å². The Morgan fingerprint density at radius 2 is 2.31 bits per heavy atom. The van der Waals surface area contributed by atoms with Crippen LogP contribution in [0.1, 0.15) is 19.4 Å². The maximum absolute atomic E-state index is 11.0. The molecule has 90 valence electrons. The molecule has 1 rings (SSSR count). The molecule has 0 bridgehead atoms. The molecule has 0 aromatic carbocycles. The normalized spacial score (nSPS) is 10.1. The number of nitrogens with two attached hydrogens (primary N) is 1.